The average Bonchev–Trinajstić information content (AvgIpc) is 2.77. The average molecular weight is 364 g/mol. The van der Waals surface area contributed by atoms with Gasteiger partial charge in [-0.3, -0.25) is 4.79 Å². The van der Waals surface area contributed by atoms with E-state index in [1.165, 1.54) is 0 Å². The minimum Gasteiger partial charge on any atom is -0.508 e. The number of ether oxygens (including phenoxy) is 1. The highest BCUT2D eigenvalue weighted by molar-refractivity contribution is 6.01. The summed E-state index contributed by atoms with van der Waals surface area (Å²) in [6.45, 7) is 4.22. The van der Waals surface area contributed by atoms with Crippen LogP contribution in [0.5, 0.6) is 11.5 Å². The van der Waals surface area contributed by atoms with E-state index >= 15 is 0 Å². The summed E-state index contributed by atoms with van der Waals surface area (Å²) < 4.78 is 5.34. The van der Waals surface area contributed by atoms with Crippen LogP contribution in [0.3, 0.4) is 0 Å². The van der Waals surface area contributed by atoms with Gasteiger partial charge in [-0.25, -0.2) is 0 Å². The molecule has 1 heterocycles. The zero-order valence-corrected chi connectivity index (χ0v) is 15.8. The van der Waals surface area contributed by atoms with Crippen molar-refractivity contribution in [2.45, 2.75) is 32.7 Å². The highest BCUT2D eigenvalue weighted by Gasteiger charge is 2.39. The second-order valence-electron chi connectivity index (χ2n) is 8.01. The molecule has 2 aromatic rings. The second kappa shape index (κ2) is 6.34. The first-order chi connectivity index (χ1) is 12.9. The molecule has 0 spiro atoms. The molecule has 0 aromatic heterocycles. The lowest BCUT2D eigenvalue weighted by atomic mass is 9.73. The number of phenols is 1. The minimum absolute atomic E-state index is 0.0984. The highest BCUT2D eigenvalue weighted by atomic mass is 16.5. The maximum Gasteiger partial charge on any atom is 0.163 e. The molecule has 5 heteroatoms. The number of para-hydroxylation sites is 2. The Morgan fingerprint density at radius 1 is 1.11 bits per heavy atom. The number of hydrogen-bond acceptors (Lipinski definition) is 5. The third-order valence-corrected chi connectivity index (χ3v) is 5.27. The number of anilines is 2. The van der Waals surface area contributed by atoms with E-state index in [9.17, 15) is 9.90 Å². The lowest BCUT2D eigenvalue weighted by Gasteiger charge is -2.34. The predicted octanol–water partition coefficient (Wildman–Crippen LogP) is 4.62. The molecule has 140 valence electrons. The van der Waals surface area contributed by atoms with Gasteiger partial charge in [0.05, 0.1) is 24.5 Å². The SMILES string of the molecule is COc1ccc(O)c([C@H]2Nc3ccccc3NC3=C2C(=O)CC(C)(C)C3)c1. The molecule has 0 amide bonds. The largest absolute Gasteiger partial charge is 0.508 e. The summed E-state index contributed by atoms with van der Waals surface area (Å²) in [5, 5.41) is 17.5. The lowest BCUT2D eigenvalue weighted by molar-refractivity contribution is -0.118. The standard InChI is InChI=1S/C22H24N2O3/c1-22(2)11-17-20(19(26)12-22)21(14-10-13(27-3)8-9-18(14)25)24-16-7-5-4-6-15(16)23-17/h4-10,21,23-25H,11-12H2,1-3H3/t21-/m1/s1. The fourth-order valence-corrected chi connectivity index (χ4v) is 4.01. The molecule has 2 aliphatic rings. The fraction of sp³-hybridized carbons (Fsp3) is 0.318. The van der Waals surface area contributed by atoms with Crippen LogP contribution in [0, 0.1) is 5.41 Å². The van der Waals surface area contributed by atoms with Gasteiger partial charge < -0.3 is 20.5 Å². The molecule has 0 radical (unpaired) electrons. The summed E-state index contributed by atoms with van der Waals surface area (Å²) in [6.07, 6.45) is 1.25. The molecule has 3 N–H and O–H groups in total. The van der Waals surface area contributed by atoms with E-state index in [-0.39, 0.29) is 16.9 Å². The van der Waals surface area contributed by atoms with Gasteiger partial charge in [0.2, 0.25) is 0 Å². The van der Waals surface area contributed by atoms with Crippen LogP contribution in [0.25, 0.3) is 0 Å². The molecule has 0 fully saturated rings. The third-order valence-electron chi connectivity index (χ3n) is 5.27. The molecular weight excluding hydrogens is 340 g/mol. The van der Waals surface area contributed by atoms with E-state index < -0.39 is 6.04 Å². The number of aromatic hydroxyl groups is 1. The van der Waals surface area contributed by atoms with E-state index in [0.29, 0.717) is 23.3 Å². The van der Waals surface area contributed by atoms with Gasteiger partial charge in [0, 0.05) is 23.3 Å². The number of benzene rings is 2. The molecule has 5 nitrogen and oxygen atoms in total. The van der Waals surface area contributed by atoms with Gasteiger partial charge in [0.15, 0.2) is 5.78 Å². The van der Waals surface area contributed by atoms with Gasteiger partial charge in [-0.05, 0) is 42.2 Å². The van der Waals surface area contributed by atoms with Crippen LogP contribution in [0.2, 0.25) is 0 Å². The zero-order valence-electron chi connectivity index (χ0n) is 15.8. The van der Waals surface area contributed by atoms with Crippen molar-refractivity contribution in [1.82, 2.24) is 0 Å². The highest BCUT2D eigenvalue weighted by Crippen LogP contribution is 2.47. The van der Waals surface area contributed by atoms with Crippen LogP contribution in [0.4, 0.5) is 11.4 Å². The molecule has 0 saturated heterocycles. The van der Waals surface area contributed by atoms with Crippen LogP contribution in [-0.2, 0) is 4.79 Å². The molecular formula is C22H24N2O3. The Hall–Kier alpha value is -2.95. The van der Waals surface area contributed by atoms with Crippen molar-refractivity contribution in [3.05, 3.63) is 59.3 Å². The number of rotatable bonds is 2. The Kier molecular flexibility index (Phi) is 4.10. The van der Waals surface area contributed by atoms with Gasteiger partial charge >= 0.3 is 0 Å². The molecule has 4 rings (SSSR count). The van der Waals surface area contributed by atoms with Gasteiger partial charge in [-0.15, -0.1) is 0 Å². The lowest BCUT2D eigenvalue weighted by Crippen LogP contribution is -2.31. The van der Waals surface area contributed by atoms with Gasteiger partial charge in [-0.1, -0.05) is 26.0 Å². The number of hydrogen-bond donors (Lipinski definition) is 3. The summed E-state index contributed by atoms with van der Waals surface area (Å²) in [7, 11) is 1.59. The number of nitrogens with one attached hydrogen (secondary N) is 2. The van der Waals surface area contributed by atoms with E-state index in [2.05, 4.69) is 24.5 Å². The van der Waals surface area contributed by atoms with Crippen molar-refractivity contribution in [2.24, 2.45) is 5.41 Å². The number of fused-ring (bicyclic) bond motifs is 1. The maximum absolute atomic E-state index is 13.1. The molecule has 27 heavy (non-hydrogen) atoms. The Bertz CT molecular complexity index is 946. The van der Waals surface area contributed by atoms with Gasteiger partial charge in [0.1, 0.15) is 11.5 Å². The number of carbonyl (C=O) groups is 1. The van der Waals surface area contributed by atoms with Gasteiger partial charge in [0.25, 0.3) is 0 Å². The number of allylic oxidation sites excluding steroid dienone is 1. The van der Waals surface area contributed by atoms with E-state index in [1.807, 2.05) is 24.3 Å². The normalized spacial score (nSPS) is 20.7. The zero-order chi connectivity index (χ0) is 19.2. The Balaban J connectivity index is 1.92. The summed E-state index contributed by atoms with van der Waals surface area (Å²) >= 11 is 0. The third kappa shape index (κ3) is 3.14. The fourth-order valence-electron chi connectivity index (χ4n) is 4.01. The molecule has 1 atom stereocenters. The van der Waals surface area contributed by atoms with Crippen molar-refractivity contribution in [3.8, 4) is 11.5 Å². The van der Waals surface area contributed by atoms with E-state index in [4.69, 9.17) is 4.74 Å². The smallest absolute Gasteiger partial charge is 0.163 e. The van der Waals surface area contributed by atoms with E-state index in [1.54, 1.807) is 25.3 Å². The molecule has 0 saturated carbocycles. The number of phenolic OH excluding ortho intramolecular Hbond substituents is 1. The Morgan fingerprint density at radius 3 is 2.59 bits per heavy atom. The summed E-state index contributed by atoms with van der Waals surface area (Å²) in [5.74, 6) is 0.874. The summed E-state index contributed by atoms with van der Waals surface area (Å²) in [6, 6.07) is 12.5. The summed E-state index contributed by atoms with van der Waals surface area (Å²) in [5.41, 5.74) is 3.96. The van der Waals surface area contributed by atoms with Crippen LogP contribution in [0.15, 0.2) is 53.7 Å². The van der Waals surface area contributed by atoms with Crippen molar-refractivity contribution < 1.29 is 14.6 Å². The molecule has 1 aliphatic heterocycles. The number of ketones is 1. The first-order valence-electron chi connectivity index (χ1n) is 9.14. The topological polar surface area (TPSA) is 70.6 Å². The second-order valence-corrected chi connectivity index (χ2v) is 8.01. The Morgan fingerprint density at radius 2 is 1.85 bits per heavy atom. The monoisotopic (exact) mass is 364 g/mol. The van der Waals surface area contributed by atoms with Crippen molar-refractivity contribution in [3.63, 3.8) is 0 Å². The van der Waals surface area contributed by atoms with Crippen molar-refractivity contribution in [2.75, 3.05) is 17.7 Å². The number of carbonyl (C=O) groups excluding carboxylic acids is 1. The first-order valence-corrected chi connectivity index (χ1v) is 9.14. The Labute approximate surface area is 159 Å². The van der Waals surface area contributed by atoms with Crippen LogP contribution in [0.1, 0.15) is 38.3 Å². The van der Waals surface area contributed by atoms with Crippen LogP contribution in [-0.4, -0.2) is 18.0 Å². The predicted molar refractivity (Wildman–Crippen MR) is 106 cm³/mol. The maximum atomic E-state index is 13.1. The van der Waals surface area contributed by atoms with E-state index in [0.717, 1.165) is 23.5 Å². The van der Waals surface area contributed by atoms with Gasteiger partial charge in [-0.2, -0.15) is 0 Å². The quantitative estimate of drug-likeness (QED) is 0.725. The molecule has 0 bridgehead atoms. The van der Waals surface area contributed by atoms with Crippen molar-refractivity contribution >= 4 is 17.2 Å². The van der Waals surface area contributed by atoms with Crippen molar-refractivity contribution in [1.29, 1.82) is 0 Å². The number of methoxy groups -OCH3 is 1. The number of Topliss-reactive ketones (excluding diaryl/α,β-unsaturated/α-hetero) is 1. The first kappa shape index (κ1) is 17.5. The molecule has 1 aliphatic carbocycles. The van der Waals surface area contributed by atoms with Crippen LogP contribution >= 0.6 is 0 Å². The summed E-state index contributed by atoms with van der Waals surface area (Å²) in [4.78, 5) is 13.1. The molecule has 2 aromatic carbocycles. The van der Waals surface area contributed by atoms with Crippen LogP contribution < -0.4 is 15.4 Å². The minimum atomic E-state index is -0.449. The molecule has 0 unspecified atom stereocenters.